The molecule has 0 aromatic carbocycles. The summed E-state index contributed by atoms with van der Waals surface area (Å²) in [5.74, 6) is -0.380. The van der Waals surface area contributed by atoms with E-state index in [-0.39, 0.29) is 12.5 Å². The summed E-state index contributed by atoms with van der Waals surface area (Å²) >= 11 is 0. The molecule has 0 fully saturated rings. The van der Waals surface area contributed by atoms with Crippen LogP contribution in [0.3, 0.4) is 0 Å². The Labute approximate surface area is 87.7 Å². The van der Waals surface area contributed by atoms with Gasteiger partial charge in [-0.15, -0.1) is 0 Å². The monoisotopic (exact) mass is 208 g/mol. The quantitative estimate of drug-likeness (QED) is 0.428. The van der Waals surface area contributed by atoms with Crippen LogP contribution in [0.1, 0.15) is 10.5 Å². The van der Waals surface area contributed by atoms with Crippen LogP contribution in [-0.4, -0.2) is 24.1 Å². The number of aromatic nitrogens is 1. The highest BCUT2D eigenvalue weighted by Gasteiger charge is 2.04. The van der Waals surface area contributed by atoms with E-state index in [4.69, 9.17) is 9.57 Å². The normalized spacial score (nSPS) is 9.33. The van der Waals surface area contributed by atoms with Gasteiger partial charge in [0.05, 0.1) is 6.26 Å². The van der Waals surface area contributed by atoms with Gasteiger partial charge in [-0.05, 0) is 12.1 Å². The average molecular weight is 208 g/mol. The second-order valence-electron chi connectivity index (χ2n) is 2.53. The first-order valence-corrected chi connectivity index (χ1v) is 4.40. The van der Waals surface area contributed by atoms with Crippen LogP contribution in [0.2, 0.25) is 0 Å². The van der Waals surface area contributed by atoms with Gasteiger partial charge in [-0.2, -0.15) is 0 Å². The third-order valence-electron chi connectivity index (χ3n) is 1.48. The molecule has 0 aliphatic rings. The number of pyridine rings is 1. The summed E-state index contributed by atoms with van der Waals surface area (Å²) in [6, 6.07) is 5.05. The minimum Gasteiger partial charge on any atom is -0.499 e. The average Bonchev–Trinajstić information content (AvgIpc) is 2.30. The summed E-state index contributed by atoms with van der Waals surface area (Å²) in [5, 5.41) is 0. The Morgan fingerprint density at radius 3 is 3.07 bits per heavy atom. The first-order valence-electron chi connectivity index (χ1n) is 4.40. The molecule has 15 heavy (non-hydrogen) atoms. The van der Waals surface area contributed by atoms with Crippen LogP contribution in [-0.2, 0) is 9.57 Å². The maximum absolute atomic E-state index is 11.3. The van der Waals surface area contributed by atoms with Crippen molar-refractivity contribution in [2.24, 2.45) is 0 Å². The number of carbonyl (C=O) groups is 1. The number of hydrogen-bond donors (Lipinski definition) is 1. The van der Waals surface area contributed by atoms with Gasteiger partial charge in [-0.1, -0.05) is 12.6 Å². The number of rotatable bonds is 6. The maximum Gasteiger partial charge on any atom is 0.293 e. The summed E-state index contributed by atoms with van der Waals surface area (Å²) in [4.78, 5) is 20.0. The zero-order valence-electron chi connectivity index (χ0n) is 8.18. The largest absolute Gasteiger partial charge is 0.499 e. The number of ether oxygens (including phenoxy) is 1. The summed E-state index contributed by atoms with van der Waals surface area (Å²) in [6.45, 7) is 3.96. The Balaban J connectivity index is 2.22. The van der Waals surface area contributed by atoms with Crippen molar-refractivity contribution in [3.8, 4) is 0 Å². The van der Waals surface area contributed by atoms with Gasteiger partial charge in [-0.25, -0.2) is 5.48 Å². The molecule has 80 valence electrons. The maximum atomic E-state index is 11.3. The van der Waals surface area contributed by atoms with Crippen molar-refractivity contribution < 1.29 is 14.4 Å². The molecule has 0 spiro atoms. The van der Waals surface area contributed by atoms with Crippen molar-refractivity contribution >= 4 is 5.91 Å². The molecular formula is C10H12N2O3. The third-order valence-corrected chi connectivity index (χ3v) is 1.48. The molecule has 5 nitrogen and oxygen atoms in total. The molecule has 1 N–H and O–H groups in total. The first kappa shape index (κ1) is 11.2. The Bertz CT molecular complexity index is 314. The molecule has 0 saturated carbocycles. The lowest BCUT2D eigenvalue weighted by atomic mass is 10.3. The first-order chi connectivity index (χ1) is 7.34. The molecule has 0 unspecified atom stereocenters. The fourth-order valence-corrected chi connectivity index (χ4v) is 0.839. The van der Waals surface area contributed by atoms with Gasteiger partial charge in [-0.3, -0.25) is 14.6 Å². The minimum atomic E-state index is -0.380. The molecule has 0 radical (unpaired) electrons. The van der Waals surface area contributed by atoms with Gasteiger partial charge in [0.15, 0.2) is 0 Å². The van der Waals surface area contributed by atoms with Crippen LogP contribution in [0.4, 0.5) is 0 Å². The van der Waals surface area contributed by atoms with E-state index in [0.717, 1.165) is 0 Å². The predicted octanol–water partition coefficient (Wildman–Crippen LogP) is 0.903. The molecule has 1 aromatic heterocycles. The Morgan fingerprint density at radius 2 is 2.40 bits per heavy atom. The SMILES string of the molecule is C=COCCONC(=O)c1ccccn1. The molecule has 1 heterocycles. The second kappa shape index (κ2) is 6.56. The molecule has 0 atom stereocenters. The lowest BCUT2D eigenvalue weighted by molar-refractivity contribution is 0.0141. The number of hydroxylamine groups is 1. The Kier molecular flexibility index (Phi) is 4.89. The van der Waals surface area contributed by atoms with E-state index < -0.39 is 0 Å². The van der Waals surface area contributed by atoms with E-state index in [1.54, 1.807) is 18.2 Å². The van der Waals surface area contributed by atoms with Crippen LogP contribution < -0.4 is 5.48 Å². The van der Waals surface area contributed by atoms with Gasteiger partial charge in [0.25, 0.3) is 5.91 Å². The molecule has 1 amide bonds. The fraction of sp³-hybridized carbons (Fsp3) is 0.200. The van der Waals surface area contributed by atoms with Crippen molar-refractivity contribution in [3.05, 3.63) is 42.9 Å². The Morgan fingerprint density at radius 1 is 1.53 bits per heavy atom. The van der Waals surface area contributed by atoms with Gasteiger partial charge in [0.1, 0.15) is 18.9 Å². The van der Waals surface area contributed by atoms with Crippen LogP contribution in [0.15, 0.2) is 37.2 Å². The molecule has 0 bridgehead atoms. The molecule has 5 heteroatoms. The van der Waals surface area contributed by atoms with Gasteiger partial charge < -0.3 is 4.74 Å². The molecule has 0 aliphatic carbocycles. The van der Waals surface area contributed by atoms with Crippen LogP contribution in [0, 0.1) is 0 Å². The summed E-state index contributed by atoms with van der Waals surface area (Å²) in [7, 11) is 0. The number of carbonyl (C=O) groups excluding carboxylic acids is 1. The third kappa shape index (κ3) is 4.24. The van der Waals surface area contributed by atoms with Crippen molar-refractivity contribution in [2.45, 2.75) is 0 Å². The van der Waals surface area contributed by atoms with E-state index >= 15 is 0 Å². The molecule has 0 aliphatic heterocycles. The zero-order chi connectivity index (χ0) is 10.9. The van der Waals surface area contributed by atoms with E-state index in [2.05, 4.69) is 17.0 Å². The molecule has 1 rings (SSSR count). The van der Waals surface area contributed by atoms with Crippen LogP contribution in [0.5, 0.6) is 0 Å². The smallest absolute Gasteiger partial charge is 0.293 e. The Hall–Kier alpha value is -1.88. The van der Waals surface area contributed by atoms with Gasteiger partial charge >= 0.3 is 0 Å². The summed E-state index contributed by atoms with van der Waals surface area (Å²) in [6.07, 6.45) is 2.85. The summed E-state index contributed by atoms with van der Waals surface area (Å²) in [5.41, 5.74) is 2.55. The minimum absolute atomic E-state index is 0.255. The molecule has 0 saturated heterocycles. The number of nitrogens with one attached hydrogen (secondary N) is 1. The van der Waals surface area contributed by atoms with E-state index in [1.165, 1.54) is 12.5 Å². The lowest BCUT2D eigenvalue weighted by Gasteiger charge is -2.04. The standard InChI is InChI=1S/C10H12N2O3/c1-2-14-7-8-15-12-10(13)9-5-3-4-6-11-9/h2-6H,1,7-8H2,(H,12,13). The van der Waals surface area contributed by atoms with E-state index in [9.17, 15) is 4.79 Å². The van der Waals surface area contributed by atoms with Crippen molar-refractivity contribution in [1.82, 2.24) is 10.5 Å². The lowest BCUT2D eigenvalue weighted by Crippen LogP contribution is -2.26. The van der Waals surface area contributed by atoms with E-state index in [1.807, 2.05) is 0 Å². The van der Waals surface area contributed by atoms with Crippen LogP contribution in [0.25, 0.3) is 0 Å². The number of amides is 1. The van der Waals surface area contributed by atoms with Crippen molar-refractivity contribution in [3.63, 3.8) is 0 Å². The topological polar surface area (TPSA) is 60.5 Å². The second-order valence-corrected chi connectivity index (χ2v) is 2.53. The summed E-state index contributed by atoms with van der Waals surface area (Å²) < 4.78 is 4.79. The predicted molar refractivity (Wildman–Crippen MR) is 53.8 cm³/mol. The highest BCUT2D eigenvalue weighted by atomic mass is 16.7. The van der Waals surface area contributed by atoms with Crippen molar-refractivity contribution in [2.75, 3.05) is 13.2 Å². The van der Waals surface area contributed by atoms with E-state index in [0.29, 0.717) is 12.3 Å². The number of hydrogen-bond acceptors (Lipinski definition) is 4. The highest BCUT2D eigenvalue weighted by Crippen LogP contribution is 1.92. The van der Waals surface area contributed by atoms with Gasteiger partial charge in [0, 0.05) is 6.20 Å². The van der Waals surface area contributed by atoms with Crippen molar-refractivity contribution in [1.29, 1.82) is 0 Å². The fourth-order valence-electron chi connectivity index (χ4n) is 0.839. The zero-order valence-corrected chi connectivity index (χ0v) is 8.18. The number of nitrogens with zero attached hydrogens (tertiary/aromatic N) is 1. The van der Waals surface area contributed by atoms with Gasteiger partial charge in [0.2, 0.25) is 0 Å². The molecule has 1 aromatic rings. The highest BCUT2D eigenvalue weighted by molar-refractivity contribution is 5.91. The van der Waals surface area contributed by atoms with Crippen LogP contribution >= 0.6 is 0 Å². The molecular weight excluding hydrogens is 196 g/mol.